The minimum Gasteiger partial charge on any atom is -0.389 e. The van der Waals surface area contributed by atoms with Gasteiger partial charge in [-0.1, -0.05) is 23.8 Å². The van der Waals surface area contributed by atoms with Gasteiger partial charge in [0, 0.05) is 36.9 Å². The Hall–Kier alpha value is -1.17. The Morgan fingerprint density at radius 3 is 2.80 bits per heavy atom. The van der Waals surface area contributed by atoms with E-state index in [9.17, 15) is 0 Å². The summed E-state index contributed by atoms with van der Waals surface area (Å²) in [6.45, 7) is 8.88. The van der Waals surface area contributed by atoms with Crippen molar-refractivity contribution in [1.29, 1.82) is 0 Å². The summed E-state index contributed by atoms with van der Waals surface area (Å²) in [6, 6.07) is 6.50. The van der Waals surface area contributed by atoms with Gasteiger partial charge < -0.3 is 15.8 Å². The topological polar surface area (TPSA) is 50.5 Å². The molecule has 0 amide bonds. The second-order valence-electron chi connectivity index (χ2n) is 5.37. The fourth-order valence-corrected chi connectivity index (χ4v) is 2.64. The molecular weight excluding hydrogens is 270 g/mol. The SMILES string of the molecule is Cc1ccc(NC(C)CN2CCOCC2)c(C(N)=S)c1. The van der Waals surface area contributed by atoms with Gasteiger partial charge in [0.15, 0.2) is 0 Å². The average Bonchev–Trinajstić information content (AvgIpc) is 2.41. The monoisotopic (exact) mass is 293 g/mol. The van der Waals surface area contributed by atoms with Crippen LogP contribution in [-0.2, 0) is 4.74 Å². The number of nitrogens with zero attached hydrogens (tertiary/aromatic N) is 1. The third kappa shape index (κ3) is 4.16. The molecule has 20 heavy (non-hydrogen) atoms. The van der Waals surface area contributed by atoms with E-state index in [0.717, 1.165) is 44.1 Å². The summed E-state index contributed by atoms with van der Waals surface area (Å²) in [7, 11) is 0. The van der Waals surface area contributed by atoms with Gasteiger partial charge in [0.1, 0.15) is 4.99 Å². The molecule has 4 nitrogen and oxygen atoms in total. The van der Waals surface area contributed by atoms with Crippen LogP contribution in [0.4, 0.5) is 5.69 Å². The number of nitrogens with two attached hydrogens (primary N) is 1. The lowest BCUT2D eigenvalue weighted by Crippen LogP contribution is -2.42. The molecule has 3 N–H and O–H groups in total. The fourth-order valence-electron chi connectivity index (χ4n) is 2.47. The second-order valence-corrected chi connectivity index (χ2v) is 5.81. The summed E-state index contributed by atoms with van der Waals surface area (Å²) >= 11 is 5.13. The number of nitrogens with one attached hydrogen (secondary N) is 1. The molecule has 1 aliphatic rings. The van der Waals surface area contributed by atoms with E-state index in [1.807, 2.05) is 13.0 Å². The lowest BCUT2D eigenvalue weighted by Gasteiger charge is -2.30. The smallest absolute Gasteiger partial charge is 0.106 e. The van der Waals surface area contributed by atoms with Crippen molar-refractivity contribution in [3.05, 3.63) is 29.3 Å². The molecule has 5 heteroatoms. The molecule has 0 saturated carbocycles. The van der Waals surface area contributed by atoms with E-state index in [1.165, 1.54) is 5.56 Å². The molecule has 0 spiro atoms. The highest BCUT2D eigenvalue weighted by atomic mass is 32.1. The quantitative estimate of drug-likeness (QED) is 0.810. The molecule has 1 saturated heterocycles. The van der Waals surface area contributed by atoms with Crippen molar-refractivity contribution in [3.8, 4) is 0 Å². The second kappa shape index (κ2) is 7.02. The highest BCUT2D eigenvalue weighted by Crippen LogP contribution is 2.18. The molecule has 110 valence electrons. The van der Waals surface area contributed by atoms with Gasteiger partial charge in [-0.05, 0) is 26.0 Å². The highest BCUT2D eigenvalue weighted by molar-refractivity contribution is 7.80. The van der Waals surface area contributed by atoms with Crippen LogP contribution in [0.25, 0.3) is 0 Å². The molecule has 0 bridgehead atoms. The zero-order valence-corrected chi connectivity index (χ0v) is 13.0. The lowest BCUT2D eigenvalue weighted by molar-refractivity contribution is 0.0368. The van der Waals surface area contributed by atoms with E-state index in [-0.39, 0.29) is 0 Å². The summed E-state index contributed by atoms with van der Waals surface area (Å²) in [4.78, 5) is 2.85. The molecule has 0 aliphatic carbocycles. The first-order valence-electron chi connectivity index (χ1n) is 7.03. The number of hydrogen-bond donors (Lipinski definition) is 2. The normalized spacial score (nSPS) is 17.7. The maximum absolute atomic E-state index is 5.81. The Bertz CT molecular complexity index is 472. The number of morpholine rings is 1. The first kappa shape index (κ1) is 15.2. The number of aryl methyl sites for hydroxylation is 1. The lowest BCUT2D eigenvalue weighted by atomic mass is 10.1. The molecule has 1 aromatic carbocycles. The van der Waals surface area contributed by atoms with Crippen molar-refractivity contribution >= 4 is 22.9 Å². The maximum Gasteiger partial charge on any atom is 0.106 e. The van der Waals surface area contributed by atoms with Crippen LogP contribution in [0.5, 0.6) is 0 Å². The molecule has 0 aromatic heterocycles. The average molecular weight is 293 g/mol. The Morgan fingerprint density at radius 2 is 2.15 bits per heavy atom. The van der Waals surface area contributed by atoms with Gasteiger partial charge in [0.2, 0.25) is 0 Å². The number of hydrogen-bond acceptors (Lipinski definition) is 4. The van der Waals surface area contributed by atoms with Crippen LogP contribution in [-0.4, -0.2) is 48.8 Å². The van der Waals surface area contributed by atoms with E-state index >= 15 is 0 Å². The number of thiocarbonyl (C=S) groups is 1. The van der Waals surface area contributed by atoms with Crippen LogP contribution in [0, 0.1) is 6.92 Å². The molecule has 1 aliphatic heterocycles. The Kier molecular flexibility index (Phi) is 5.34. The first-order chi connectivity index (χ1) is 9.56. The molecule has 1 fully saturated rings. The van der Waals surface area contributed by atoms with Crippen molar-refractivity contribution in [2.45, 2.75) is 19.9 Å². The third-order valence-electron chi connectivity index (χ3n) is 3.48. The van der Waals surface area contributed by atoms with E-state index in [4.69, 9.17) is 22.7 Å². The third-order valence-corrected chi connectivity index (χ3v) is 3.70. The van der Waals surface area contributed by atoms with Gasteiger partial charge in [-0.2, -0.15) is 0 Å². The Labute approximate surface area is 126 Å². The molecular formula is C15H23N3OS. The number of ether oxygens (including phenoxy) is 1. The van der Waals surface area contributed by atoms with Gasteiger partial charge >= 0.3 is 0 Å². The molecule has 2 rings (SSSR count). The molecule has 1 atom stereocenters. The predicted octanol–water partition coefficient (Wildman–Crippen LogP) is 1.76. The molecule has 1 heterocycles. The number of anilines is 1. The molecule has 1 aromatic rings. The first-order valence-corrected chi connectivity index (χ1v) is 7.44. The summed E-state index contributed by atoms with van der Waals surface area (Å²) in [5.74, 6) is 0. The van der Waals surface area contributed by atoms with Crippen molar-refractivity contribution < 1.29 is 4.74 Å². The minimum atomic E-state index is 0.337. The van der Waals surface area contributed by atoms with Crippen molar-refractivity contribution in [2.24, 2.45) is 5.73 Å². The van der Waals surface area contributed by atoms with E-state index in [2.05, 4.69) is 29.3 Å². The fraction of sp³-hybridized carbons (Fsp3) is 0.533. The van der Waals surface area contributed by atoms with Gasteiger partial charge in [-0.3, -0.25) is 4.90 Å². The van der Waals surface area contributed by atoms with Gasteiger partial charge in [0.05, 0.1) is 13.2 Å². The largest absolute Gasteiger partial charge is 0.389 e. The summed E-state index contributed by atoms with van der Waals surface area (Å²) in [5, 5.41) is 3.52. The van der Waals surface area contributed by atoms with Crippen molar-refractivity contribution in [3.63, 3.8) is 0 Å². The maximum atomic E-state index is 5.81. The van der Waals surface area contributed by atoms with Crippen LogP contribution in [0.2, 0.25) is 0 Å². The summed E-state index contributed by atoms with van der Waals surface area (Å²) in [6.07, 6.45) is 0. The molecule has 1 unspecified atom stereocenters. The molecule has 0 radical (unpaired) electrons. The van der Waals surface area contributed by atoms with Crippen LogP contribution < -0.4 is 11.1 Å². The zero-order chi connectivity index (χ0) is 14.5. The van der Waals surface area contributed by atoms with Crippen LogP contribution in [0.1, 0.15) is 18.1 Å². The number of rotatable bonds is 5. The standard InChI is InChI=1S/C15H23N3OS/c1-11-3-4-14(13(9-11)15(16)20)17-12(2)10-18-5-7-19-8-6-18/h3-4,9,12,17H,5-8,10H2,1-2H3,(H2,16,20). The summed E-state index contributed by atoms with van der Waals surface area (Å²) < 4.78 is 5.37. The number of benzene rings is 1. The zero-order valence-electron chi connectivity index (χ0n) is 12.2. The van der Waals surface area contributed by atoms with Crippen LogP contribution in [0.15, 0.2) is 18.2 Å². The van der Waals surface area contributed by atoms with E-state index in [1.54, 1.807) is 0 Å². The minimum absolute atomic E-state index is 0.337. The van der Waals surface area contributed by atoms with Crippen LogP contribution >= 0.6 is 12.2 Å². The Balaban J connectivity index is 1.99. The van der Waals surface area contributed by atoms with E-state index < -0.39 is 0 Å². The summed E-state index contributed by atoms with van der Waals surface area (Å²) in [5.41, 5.74) is 8.92. The van der Waals surface area contributed by atoms with Crippen molar-refractivity contribution in [1.82, 2.24) is 4.90 Å². The van der Waals surface area contributed by atoms with Gasteiger partial charge in [0.25, 0.3) is 0 Å². The highest BCUT2D eigenvalue weighted by Gasteiger charge is 2.15. The van der Waals surface area contributed by atoms with Crippen molar-refractivity contribution in [2.75, 3.05) is 38.2 Å². The predicted molar refractivity (Wildman–Crippen MR) is 87.4 cm³/mol. The Morgan fingerprint density at radius 1 is 1.45 bits per heavy atom. The van der Waals surface area contributed by atoms with Gasteiger partial charge in [-0.25, -0.2) is 0 Å². The van der Waals surface area contributed by atoms with Gasteiger partial charge in [-0.15, -0.1) is 0 Å². The van der Waals surface area contributed by atoms with E-state index in [0.29, 0.717) is 11.0 Å². The van der Waals surface area contributed by atoms with Crippen LogP contribution in [0.3, 0.4) is 0 Å².